The summed E-state index contributed by atoms with van der Waals surface area (Å²) in [4.78, 5) is 22.9. The van der Waals surface area contributed by atoms with Gasteiger partial charge in [-0.05, 0) is 56.1 Å². The summed E-state index contributed by atoms with van der Waals surface area (Å²) in [7, 11) is 0. The van der Waals surface area contributed by atoms with Crippen LogP contribution in [0, 0.1) is 12.8 Å². The lowest BCUT2D eigenvalue weighted by Crippen LogP contribution is -2.40. The van der Waals surface area contributed by atoms with Gasteiger partial charge in [-0.1, -0.05) is 36.4 Å². The summed E-state index contributed by atoms with van der Waals surface area (Å²) < 4.78 is 0. The Kier molecular flexibility index (Phi) is 5.21. The molecule has 5 nitrogen and oxygen atoms in total. The molecule has 1 aliphatic heterocycles. The molecule has 2 heterocycles. The van der Waals surface area contributed by atoms with Crippen molar-refractivity contribution in [2.75, 3.05) is 13.1 Å². The van der Waals surface area contributed by atoms with E-state index in [2.05, 4.69) is 45.3 Å². The highest BCUT2D eigenvalue weighted by molar-refractivity contribution is 5.78. The molecule has 5 heteroatoms. The number of aromatic nitrogens is 2. The fourth-order valence-corrected chi connectivity index (χ4v) is 3.75. The third kappa shape index (κ3) is 4.37. The molecule has 0 atom stereocenters. The maximum Gasteiger partial charge on any atom is 0.223 e. The minimum atomic E-state index is 0.114. The number of piperidine rings is 1. The lowest BCUT2D eigenvalue weighted by Gasteiger charge is -2.30. The van der Waals surface area contributed by atoms with Crippen LogP contribution in [0.25, 0.3) is 11.0 Å². The molecule has 3 aromatic rings. The van der Waals surface area contributed by atoms with E-state index in [0.29, 0.717) is 6.54 Å². The predicted octanol–water partition coefficient (Wildman–Crippen LogP) is 3.40. The van der Waals surface area contributed by atoms with Gasteiger partial charge in [-0.25, -0.2) is 4.98 Å². The number of nitrogens with zero attached hydrogens (tertiary/aromatic N) is 2. The number of imidazole rings is 1. The Morgan fingerprint density at radius 1 is 1.19 bits per heavy atom. The van der Waals surface area contributed by atoms with Gasteiger partial charge in [0.2, 0.25) is 5.91 Å². The number of fused-ring (bicyclic) bond motifs is 1. The van der Waals surface area contributed by atoms with E-state index in [9.17, 15) is 4.79 Å². The Labute approximate surface area is 159 Å². The molecule has 4 rings (SSSR count). The molecule has 1 aliphatic rings. The predicted molar refractivity (Wildman–Crippen MR) is 107 cm³/mol. The quantitative estimate of drug-likeness (QED) is 0.731. The number of likely N-dealkylation sites (tertiary alicyclic amines) is 1. The molecule has 0 aliphatic carbocycles. The first kappa shape index (κ1) is 17.7. The van der Waals surface area contributed by atoms with Crippen LogP contribution in [-0.4, -0.2) is 33.9 Å². The molecular formula is C22H26N4O. The van der Waals surface area contributed by atoms with Crippen LogP contribution in [0.2, 0.25) is 0 Å². The van der Waals surface area contributed by atoms with E-state index in [4.69, 9.17) is 0 Å². The van der Waals surface area contributed by atoms with Gasteiger partial charge in [0.25, 0.3) is 0 Å². The van der Waals surface area contributed by atoms with Crippen molar-refractivity contribution in [1.29, 1.82) is 0 Å². The normalized spacial score (nSPS) is 15.9. The maximum absolute atomic E-state index is 12.4. The summed E-state index contributed by atoms with van der Waals surface area (Å²) in [6, 6.07) is 16.4. The highest BCUT2D eigenvalue weighted by atomic mass is 16.1. The SMILES string of the molecule is Cc1ccc2nc(CN3CCC(C(=O)NCc4ccccc4)CC3)[nH]c2c1. The number of rotatable bonds is 5. The van der Waals surface area contributed by atoms with Gasteiger partial charge in [-0.3, -0.25) is 9.69 Å². The fourth-order valence-electron chi connectivity index (χ4n) is 3.75. The van der Waals surface area contributed by atoms with Crippen LogP contribution in [-0.2, 0) is 17.9 Å². The molecule has 0 radical (unpaired) electrons. The minimum Gasteiger partial charge on any atom is -0.352 e. The molecule has 1 fully saturated rings. The summed E-state index contributed by atoms with van der Waals surface area (Å²) in [5.74, 6) is 1.29. The number of benzene rings is 2. The van der Waals surface area contributed by atoms with Gasteiger partial charge in [0, 0.05) is 12.5 Å². The summed E-state index contributed by atoms with van der Waals surface area (Å²) in [6.45, 7) is 5.37. The van der Waals surface area contributed by atoms with Gasteiger partial charge in [-0.2, -0.15) is 0 Å². The Morgan fingerprint density at radius 2 is 1.96 bits per heavy atom. The third-order valence-electron chi connectivity index (χ3n) is 5.33. The highest BCUT2D eigenvalue weighted by Crippen LogP contribution is 2.20. The van der Waals surface area contributed by atoms with E-state index < -0.39 is 0 Å². The molecule has 0 bridgehead atoms. The first-order valence-corrected chi connectivity index (χ1v) is 9.66. The summed E-state index contributed by atoms with van der Waals surface area (Å²) in [5.41, 5.74) is 4.49. The van der Waals surface area contributed by atoms with Crippen LogP contribution >= 0.6 is 0 Å². The summed E-state index contributed by atoms with van der Waals surface area (Å²) in [6.07, 6.45) is 1.81. The average molecular weight is 362 g/mol. The lowest BCUT2D eigenvalue weighted by atomic mass is 9.96. The van der Waals surface area contributed by atoms with Crippen molar-refractivity contribution >= 4 is 16.9 Å². The zero-order valence-corrected chi connectivity index (χ0v) is 15.7. The van der Waals surface area contributed by atoms with Crippen molar-refractivity contribution in [3.63, 3.8) is 0 Å². The molecule has 1 amide bonds. The number of H-pyrrole nitrogens is 1. The monoisotopic (exact) mass is 362 g/mol. The number of hydrogen-bond donors (Lipinski definition) is 2. The lowest BCUT2D eigenvalue weighted by molar-refractivity contribution is -0.126. The number of aromatic amines is 1. The van der Waals surface area contributed by atoms with Gasteiger partial charge in [0.1, 0.15) is 5.82 Å². The Morgan fingerprint density at radius 3 is 2.74 bits per heavy atom. The smallest absolute Gasteiger partial charge is 0.223 e. The van der Waals surface area contributed by atoms with E-state index in [1.165, 1.54) is 5.56 Å². The number of nitrogens with one attached hydrogen (secondary N) is 2. The molecule has 2 N–H and O–H groups in total. The second-order valence-electron chi connectivity index (χ2n) is 7.46. The topological polar surface area (TPSA) is 61.0 Å². The maximum atomic E-state index is 12.4. The van der Waals surface area contributed by atoms with Crippen molar-refractivity contribution in [3.05, 3.63) is 65.5 Å². The van der Waals surface area contributed by atoms with Crippen molar-refractivity contribution in [2.45, 2.75) is 32.9 Å². The second-order valence-corrected chi connectivity index (χ2v) is 7.46. The van der Waals surface area contributed by atoms with Crippen molar-refractivity contribution in [3.8, 4) is 0 Å². The number of carbonyl (C=O) groups is 1. The van der Waals surface area contributed by atoms with Crippen LogP contribution in [0.1, 0.15) is 29.8 Å². The molecule has 1 saturated heterocycles. The molecule has 2 aromatic carbocycles. The van der Waals surface area contributed by atoms with Crippen LogP contribution in [0.4, 0.5) is 0 Å². The second kappa shape index (κ2) is 7.92. The fraction of sp³-hybridized carbons (Fsp3) is 0.364. The molecule has 0 unspecified atom stereocenters. The van der Waals surface area contributed by atoms with Crippen LogP contribution in [0.5, 0.6) is 0 Å². The van der Waals surface area contributed by atoms with Crippen LogP contribution in [0.15, 0.2) is 48.5 Å². The number of amides is 1. The molecule has 27 heavy (non-hydrogen) atoms. The van der Waals surface area contributed by atoms with Crippen molar-refractivity contribution in [1.82, 2.24) is 20.2 Å². The van der Waals surface area contributed by atoms with Gasteiger partial charge in [0.15, 0.2) is 0 Å². The van der Waals surface area contributed by atoms with E-state index in [1.807, 2.05) is 30.3 Å². The van der Waals surface area contributed by atoms with Crippen LogP contribution in [0.3, 0.4) is 0 Å². The van der Waals surface area contributed by atoms with E-state index in [1.54, 1.807) is 0 Å². The van der Waals surface area contributed by atoms with Gasteiger partial charge in [0.05, 0.1) is 17.6 Å². The molecule has 140 valence electrons. The van der Waals surface area contributed by atoms with Gasteiger partial charge >= 0.3 is 0 Å². The molecule has 0 saturated carbocycles. The van der Waals surface area contributed by atoms with E-state index >= 15 is 0 Å². The van der Waals surface area contributed by atoms with Crippen LogP contribution < -0.4 is 5.32 Å². The number of aryl methyl sites for hydroxylation is 1. The van der Waals surface area contributed by atoms with Gasteiger partial charge < -0.3 is 10.3 Å². The third-order valence-corrected chi connectivity index (χ3v) is 5.33. The number of carbonyl (C=O) groups excluding carboxylic acids is 1. The highest BCUT2D eigenvalue weighted by Gasteiger charge is 2.25. The Hall–Kier alpha value is -2.66. The largest absolute Gasteiger partial charge is 0.352 e. The van der Waals surface area contributed by atoms with E-state index in [-0.39, 0.29) is 11.8 Å². The molecule has 1 aromatic heterocycles. The summed E-state index contributed by atoms with van der Waals surface area (Å²) in [5, 5.41) is 3.08. The first-order valence-electron chi connectivity index (χ1n) is 9.66. The number of hydrogen-bond acceptors (Lipinski definition) is 3. The standard InChI is InChI=1S/C22H26N4O/c1-16-7-8-19-20(13-16)25-21(24-19)15-26-11-9-18(10-12-26)22(27)23-14-17-5-3-2-4-6-17/h2-8,13,18H,9-12,14-15H2,1H3,(H,23,27)(H,24,25). The molecule has 0 spiro atoms. The van der Waals surface area contributed by atoms with E-state index in [0.717, 1.165) is 54.9 Å². The van der Waals surface area contributed by atoms with Crippen molar-refractivity contribution < 1.29 is 4.79 Å². The Bertz CT molecular complexity index is 910. The zero-order valence-electron chi connectivity index (χ0n) is 15.7. The molecular weight excluding hydrogens is 336 g/mol. The van der Waals surface area contributed by atoms with Gasteiger partial charge in [-0.15, -0.1) is 0 Å². The average Bonchev–Trinajstić information content (AvgIpc) is 3.09. The first-order chi connectivity index (χ1) is 13.2. The minimum absolute atomic E-state index is 0.114. The zero-order chi connectivity index (χ0) is 18.6. The van der Waals surface area contributed by atoms with Crippen molar-refractivity contribution in [2.24, 2.45) is 5.92 Å². The summed E-state index contributed by atoms with van der Waals surface area (Å²) >= 11 is 0. The Balaban J connectivity index is 1.27.